The number of hydrogen-bond donors (Lipinski definition) is 2. The van der Waals surface area contributed by atoms with Gasteiger partial charge in [0.2, 0.25) is 0 Å². The van der Waals surface area contributed by atoms with Crippen molar-refractivity contribution in [3.05, 3.63) is 46.5 Å². The zero-order valence-electron chi connectivity index (χ0n) is 11.7. The number of nitrogen functional groups attached to an aromatic ring is 1. The molecule has 2 rings (SSSR count). The summed E-state index contributed by atoms with van der Waals surface area (Å²) in [5, 5.41) is 7.03. The predicted molar refractivity (Wildman–Crippen MR) is 74.7 cm³/mol. The minimum atomic E-state index is -0.591. The number of hydrogen-bond acceptors (Lipinski definition) is 3. The molecule has 106 valence electrons. The van der Waals surface area contributed by atoms with E-state index in [1.54, 1.807) is 4.68 Å². The van der Waals surface area contributed by atoms with Crippen LogP contribution in [0, 0.1) is 19.7 Å². The second kappa shape index (κ2) is 5.32. The first-order valence-corrected chi connectivity index (χ1v) is 6.22. The van der Waals surface area contributed by atoms with Crippen LogP contribution >= 0.6 is 0 Å². The lowest BCUT2D eigenvalue weighted by atomic mass is 10.1. The lowest BCUT2D eigenvalue weighted by Gasteiger charge is -2.07. The average Bonchev–Trinajstić information content (AvgIpc) is 2.64. The highest BCUT2D eigenvalue weighted by atomic mass is 19.1. The predicted octanol–water partition coefficient (Wildman–Crippen LogP) is 1.69. The molecule has 2 aromatic rings. The Morgan fingerprint density at radius 3 is 2.70 bits per heavy atom. The van der Waals surface area contributed by atoms with Crippen molar-refractivity contribution in [1.29, 1.82) is 0 Å². The molecule has 0 atom stereocenters. The number of nitrogens with one attached hydrogen (secondary N) is 1. The summed E-state index contributed by atoms with van der Waals surface area (Å²) in [7, 11) is 1.85. The van der Waals surface area contributed by atoms with Crippen molar-refractivity contribution in [2.75, 3.05) is 5.73 Å². The molecule has 0 unspecified atom stereocenters. The largest absolute Gasteiger partial charge is 0.396 e. The Morgan fingerprint density at radius 1 is 1.45 bits per heavy atom. The van der Waals surface area contributed by atoms with Crippen LogP contribution in [0.5, 0.6) is 0 Å². The minimum Gasteiger partial charge on any atom is -0.396 e. The summed E-state index contributed by atoms with van der Waals surface area (Å²) in [4.78, 5) is 12.0. The van der Waals surface area contributed by atoms with E-state index in [4.69, 9.17) is 5.73 Å². The highest BCUT2D eigenvalue weighted by molar-refractivity contribution is 5.94. The molecule has 0 aliphatic carbocycles. The molecule has 1 heterocycles. The maximum atomic E-state index is 13.3. The molecule has 0 radical (unpaired) electrons. The average molecular weight is 276 g/mol. The van der Waals surface area contributed by atoms with E-state index in [1.165, 1.54) is 12.1 Å². The third kappa shape index (κ3) is 2.64. The van der Waals surface area contributed by atoms with Crippen molar-refractivity contribution in [2.45, 2.75) is 20.4 Å². The van der Waals surface area contributed by atoms with E-state index in [0.717, 1.165) is 23.0 Å². The van der Waals surface area contributed by atoms with Crippen LogP contribution in [-0.4, -0.2) is 15.7 Å². The molecule has 6 heteroatoms. The third-order valence-electron chi connectivity index (χ3n) is 3.35. The number of aryl methyl sites for hydroxylation is 2. The standard InChI is InChI=1S/C14H17FN4O/c1-8-11(9(2)19(3)18-8)7-17-14(20)10-4-5-13(16)12(15)6-10/h4-6H,7,16H2,1-3H3,(H,17,20). The van der Waals surface area contributed by atoms with Gasteiger partial charge in [0.05, 0.1) is 11.4 Å². The number of carbonyl (C=O) groups is 1. The molecule has 3 N–H and O–H groups in total. The summed E-state index contributed by atoms with van der Waals surface area (Å²) in [5.74, 6) is -0.932. The van der Waals surface area contributed by atoms with Crippen LogP contribution in [0.2, 0.25) is 0 Å². The summed E-state index contributed by atoms with van der Waals surface area (Å²) in [6, 6.07) is 4.01. The van der Waals surface area contributed by atoms with Gasteiger partial charge >= 0.3 is 0 Å². The number of nitrogens with zero attached hydrogens (tertiary/aromatic N) is 2. The first kappa shape index (κ1) is 14.0. The summed E-state index contributed by atoms with van der Waals surface area (Å²) in [6.07, 6.45) is 0. The third-order valence-corrected chi connectivity index (χ3v) is 3.35. The van der Waals surface area contributed by atoms with Crippen molar-refractivity contribution in [1.82, 2.24) is 15.1 Å². The highest BCUT2D eigenvalue weighted by Gasteiger charge is 2.12. The lowest BCUT2D eigenvalue weighted by molar-refractivity contribution is 0.0950. The summed E-state index contributed by atoms with van der Waals surface area (Å²) in [5.41, 5.74) is 8.48. The zero-order valence-corrected chi connectivity index (χ0v) is 11.7. The smallest absolute Gasteiger partial charge is 0.251 e. The van der Waals surface area contributed by atoms with E-state index >= 15 is 0 Å². The fraction of sp³-hybridized carbons (Fsp3) is 0.286. The van der Waals surface area contributed by atoms with E-state index in [0.29, 0.717) is 6.54 Å². The van der Waals surface area contributed by atoms with Crippen molar-refractivity contribution in [3.63, 3.8) is 0 Å². The van der Waals surface area contributed by atoms with Gasteiger partial charge in [-0.1, -0.05) is 0 Å². The topological polar surface area (TPSA) is 72.9 Å². The monoisotopic (exact) mass is 276 g/mol. The van der Waals surface area contributed by atoms with Crippen molar-refractivity contribution in [3.8, 4) is 0 Å². The Labute approximate surface area is 116 Å². The van der Waals surface area contributed by atoms with Crippen molar-refractivity contribution in [2.24, 2.45) is 7.05 Å². The van der Waals surface area contributed by atoms with Gasteiger partial charge in [0.1, 0.15) is 5.82 Å². The fourth-order valence-corrected chi connectivity index (χ4v) is 2.01. The van der Waals surface area contributed by atoms with Crippen LogP contribution < -0.4 is 11.1 Å². The van der Waals surface area contributed by atoms with Crippen LogP contribution in [0.4, 0.5) is 10.1 Å². The van der Waals surface area contributed by atoms with Gasteiger partial charge in [-0.15, -0.1) is 0 Å². The van der Waals surface area contributed by atoms with Gasteiger partial charge in [-0.2, -0.15) is 5.10 Å². The number of halogens is 1. The SMILES string of the molecule is Cc1nn(C)c(C)c1CNC(=O)c1ccc(N)c(F)c1. The summed E-state index contributed by atoms with van der Waals surface area (Å²) in [6.45, 7) is 4.18. The van der Waals surface area contributed by atoms with E-state index in [-0.39, 0.29) is 17.2 Å². The molecular formula is C14H17FN4O. The molecule has 1 amide bonds. The molecule has 0 fully saturated rings. The Bertz CT molecular complexity index is 663. The van der Waals surface area contributed by atoms with Crippen molar-refractivity contribution >= 4 is 11.6 Å². The van der Waals surface area contributed by atoms with Gasteiger partial charge in [-0.05, 0) is 32.0 Å². The fourth-order valence-electron chi connectivity index (χ4n) is 2.01. The van der Waals surface area contributed by atoms with E-state index in [9.17, 15) is 9.18 Å². The quantitative estimate of drug-likeness (QED) is 0.838. The number of benzene rings is 1. The highest BCUT2D eigenvalue weighted by Crippen LogP contribution is 2.14. The van der Waals surface area contributed by atoms with E-state index in [2.05, 4.69) is 10.4 Å². The molecule has 20 heavy (non-hydrogen) atoms. The molecular weight excluding hydrogens is 259 g/mol. The normalized spacial score (nSPS) is 10.6. The van der Waals surface area contributed by atoms with Crippen molar-refractivity contribution < 1.29 is 9.18 Å². The molecule has 1 aromatic carbocycles. The maximum absolute atomic E-state index is 13.3. The second-order valence-corrected chi connectivity index (χ2v) is 4.69. The van der Waals surface area contributed by atoms with Crippen LogP contribution in [0.15, 0.2) is 18.2 Å². The number of amides is 1. The second-order valence-electron chi connectivity index (χ2n) is 4.69. The zero-order chi connectivity index (χ0) is 14.9. The lowest BCUT2D eigenvalue weighted by Crippen LogP contribution is -2.23. The van der Waals surface area contributed by atoms with Gasteiger partial charge in [-0.3, -0.25) is 9.48 Å². The molecule has 0 bridgehead atoms. The number of carbonyl (C=O) groups excluding carboxylic acids is 1. The number of anilines is 1. The minimum absolute atomic E-state index is 0.0282. The van der Waals surface area contributed by atoms with Gasteiger partial charge in [0, 0.05) is 30.4 Å². The molecule has 0 saturated heterocycles. The van der Waals surface area contributed by atoms with Gasteiger partial charge in [-0.25, -0.2) is 4.39 Å². The molecule has 0 aliphatic rings. The van der Waals surface area contributed by atoms with Gasteiger partial charge < -0.3 is 11.1 Å². The van der Waals surface area contributed by atoms with Gasteiger partial charge in [0.15, 0.2) is 0 Å². The number of aromatic nitrogens is 2. The Balaban J connectivity index is 2.10. The maximum Gasteiger partial charge on any atom is 0.251 e. The first-order chi connectivity index (χ1) is 9.40. The first-order valence-electron chi connectivity index (χ1n) is 6.22. The molecule has 0 saturated carbocycles. The molecule has 0 spiro atoms. The number of nitrogens with two attached hydrogens (primary N) is 1. The summed E-state index contributed by atoms with van der Waals surface area (Å²) >= 11 is 0. The Morgan fingerprint density at radius 2 is 2.15 bits per heavy atom. The van der Waals surface area contributed by atoms with Crippen LogP contribution in [0.1, 0.15) is 27.3 Å². The van der Waals surface area contributed by atoms with Gasteiger partial charge in [0.25, 0.3) is 5.91 Å². The molecule has 1 aromatic heterocycles. The van der Waals surface area contributed by atoms with Crippen LogP contribution in [0.3, 0.4) is 0 Å². The van der Waals surface area contributed by atoms with Crippen LogP contribution in [0.25, 0.3) is 0 Å². The summed E-state index contributed by atoms with van der Waals surface area (Å²) < 4.78 is 15.1. The Kier molecular flexibility index (Phi) is 3.74. The van der Waals surface area contributed by atoms with Crippen LogP contribution in [-0.2, 0) is 13.6 Å². The Hall–Kier alpha value is -2.37. The molecule has 0 aliphatic heterocycles. The number of rotatable bonds is 3. The van der Waals surface area contributed by atoms with E-state index < -0.39 is 5.82 Å². The molecule has 5 nitrogen and oxygen atoms in total. The van der Waals surface area contributed by atoms with E-state index in [1.807, 2.05) is 20.9 Å².